The van der Waals surface area contributed by atoms with Crippen molar-refractivity contribution in [1.82, 2.24) is 9.80 Å². The maximum Gasteiger partial charge on any atom is 0.329 e. The Morgan fingerprint density at radius 1 is 1.31 bits per heavy atom. The highest BCUT2D eigenvalue weighted by Gasteiger charge is 2.30. The van der Waals surface area contributed by atoms with Crippen LogP contribution in [0.25, 0.3) is 0 Å². The van der Waals surface area contributed by atoms with E-state index in [1.54, 1.807) is 22.3 Å². The predicted molar refractivity (Wildman–Crippen MR) is 104 cm³/mol. The van der Waals surface area contributed by atoms with Crippen molar-refractivity contribution >= 4 is 24.0 Å². The van der Waals surface area contributed by atoms with Gasteiger partial charge in [0.1, 0.15) is 0 Å². The molecule has 1 unspecified atom stereocenters. The lowest BCUT2D eigenvalue weighted by molar-refractivity contribution is 0.166. The molecule has 0 radical (unpaired) electrons. The first-order valence-corrected chi connectivity index (χ1v) is 9.03. The SMILES string of the molecule is C=CN(C(=O)N1C=NC(c2cccc(N=C(N)N)c2)C1)C1CCCCC1. The van der Waals surface area contributed by atoms with Crippen molar-refractivity contribution in [2.45, 2.75) is 44.2 Å². The van der Waals surface area contributed by atoms with Gasteiger partial charge in [0.2, 0.25) is 0 Å². The monoisotopic (exact) mass is 354 g/mol. The van der Waals surface area contributed by atoms with Gasteiger partial charge < -0.3 is 11.5 Å². The summed E-state index contributed by atoms with van der Waals surface area (Å²) in [6.07, 6.45) is 8.92. The fourth-order valence-electron chi connectivity index (χ4n) is 3.60. The van der Waals surface area contributed by atoms with Crippen molar-refractivity contribution in [3.63, 3.8) is 0 Å². The fourth-order valence-corrected chi connectivity index (χ4v) is 3.60. The number of carbonyl (C=O) groups is 1. The predicted octanol–water partition coefficient (Wildman–Crippen LogP) is 2.87. The molecule has 2 amide bonds. The number of hydrogen-bond acceptors (Lipinski definition) is 3. The van der Waals surface area contributed by atoms with E-state index in [9.17, 15) is 4.79 Å². The number of benzene rings is 1. The number of hydrogen-bond donors (Lipinski definition) is 2. The van der Waals surface area contributed by atoms with E-state index < -0.39 is 0 Å². The quantitative estimate of drug-likeness (QED) is 0.642. The minimum atomic E-state index is -0.119. The van der Waals surface area contributed by atoms with E-state index in [1.807, 2.05) is 24.3 Å². The number of aliphatic imine (C=N–C) groups is 2. The second-order valence-corrected chi connectivity index (χ2v) is 6.73. The summed E-state index contributed by atoms with van der Waals surface area (Å²) in [5.41, 5.74) is 12.5. The third-order valence-electron chi connectivity index (χ3n) is 4.90. The topological polar surface area (TPSA) is 100 Å². The van der Waals surface area contributed by atoms with Gasteiger partial charge >= 0.3 is 6.03 Å². The van der Waals surface area contributed by atoms with Gasteiger partial charge in [-0.3, -0.25) is 14.8 Å². The Morgan fingerprint density at radius 2 is 2.08 bits per heavy atom. The summed E-state index contributed by atoms with van der Waals surface area (Å²) in [6.45, 7) is 4.34. The number of nitrogens with zero attached hydrogens (tertiary/aromatic N) is 4. The first kappa shape index (κ1) is 18.0. The number of carbonyl (C=O) groups excluding carboxylic acids is 1. The number of nitrogens with two attached hydrogens (primary N) is 2. The molecule has 1 aromatic rings. The average molecular weight is 354 g/mol. The molecule has 0 aromatic heterocycles. The van der Waals surface area contributed by atoms with Gasteiger partial charge in [-0.05, 0) is 30.5 Å². The highest BCUT2D eigenvalue weighted by Crippen LogP contribution is 2.28. The van der Waals surface area contributed by atoms with E-state index in [0.29, 0.717) is 12.2 Å². The van der Waals surface area contributed by atoms with Crippen molar-refractivity contribution in [2.75, 3.05) is 6.54 Å². The van der Waals surface area contributed by atoms with E-state index in [1.165, 1.54) is 6.42 Å². The lowest BCUT2D eigenvalue weighted by Gasteiger charge is -2.33. The molecule has 1 saturated carbocycles. The van der Waals surface area contributed by atoms with Crippen molar-refractivity contribution in [3.05, 3.63) is 42.6 Å². The van der Waals surface area contributed by atoms with Crippen LogP contribution in [-0.4, -0.2) is 40.7 Å². The second kappa shape index (κ2) is 8.03. The van der Waals surface area contributed by atoms with Crippen LogP contribution in [0.4, 0.5) is 10.5 Å². The van der Waals surface area contributed by atoms with Crippen LogP contribution >= 0.6 is 0 Å². The number of amides is 2. The van der Waals surface area contributed by atoms with Crippen LogP contribution < -0.4 is 11.5 Å². The zero-order valence-corrected chi connectivity index (χ0v) is 14.9. The molecule has 1 heterocycles. The van der Waals surface area contributed by atoms with Gasteiger partial charge in [-0.2, -0.15) is 0 Å². The second-order valence-electron chi connectivity index (χ2n) is 6.73. The van der Waals surface area contributed by atoms with Crippen LogP contribution in [0.15, 0.2) is 47.0 Å². The maximum atomic E-state index is 12.9. The Morgan fingerprint density at radius 3 is 2.77 bits per heavy atom. The molecule has 0 spiro atoms. The molecule has 0 bridgehead atoms. The Kier molecular flexibility index (Phi) is 5.55. The van der Waals surface area contributed by atoms with E-state index >= 15 is 0 Å². The molecule has 138 valence electrons. The summed E-state index contributed by atoms with van der Waals surface area (Å²) < 4.78 is 0. The standard InChI is InChI=1S/C19H26N6O/c1-2-25(16-9-4-3-5-10-16)19(26)24-12-17(22-13-24)14-7-6-8-15(11-14)23-18(20)21/h2,6-8,11,13,16-17H,1,3-5,9-10,12H2,(H4,20,21,23). The lowest BCUT2D eigenvalue weighted by Crippen LogP contribution is -2.45. The van der Waals surface area contributed by atoms with Gasteiger partial charge in [-0.1, -0.05) is 38.0 Å². The molecule has 4 N–H and O–H groups in total. The first-order valence-electron chi connectivity index (χ1n) is 9.03. The Balaban J connectivity index is 1.68. The minimum absolute atomic E-state index is 0.0167. The van der Waals surface area contributed by atoms with Crippen molar-refractivity contribution in [2.24, 2.45) is 21.5 Å². The summed E-state index contributed by atoms with van der Waals surface area (Å²) >= 11 is 0. The molecule has 2 aliphatic rings. The summed E-state index contributed by atoms with van der Waals surface area (Å²) in [4.78, 5) is 24.9. The van der Waals surface area contributed by atoms with Crippen LogP contribution in [0.2, 0.25) is 0 Å². The van der Waals surface area contributed by atoms with Gasteiger partial charge in [0.25, 0.3) is 0 Å². The Bertz CT molecular complexity index is 718. The number of guanidine groups is 1. The molecule has 3 rings (SSSR count). The average Bonchev–Trinajstić information content (AvgIpc) is 3.13. The Hall–Kier alpha value is -2.83. The molecular weight excluding hydrogens is 328 g/mol. The van der Waals surface area contributed by atoms with Gasteiger partial charge in [-0.15, -0.1) is 0 Å². The third kappa shape index (κ3) is 4.04. The van der Waals surface area contributed by atoms with Crippen LogP contribution in [0.3, 0.4) is 0 Å². The fraction of sp³-hybridized carbons (Fsp3) is 0.421. The number of urea groups is 1. The summed E-state index contributed by atoms with van der Waals surface area (Å²) in [6, 6.07) is 7.63. The van der Waals surface area contributed by atoms with E-state index in [-0.39, 0.29) is 24.1 Å². The smallest absolute Gasteiger partial charge is 0.329 e. The molecule has 1 aliphatic carbocycles. The van der Waals surface area contributed by atoms with E-state index in [2.05, 4.69) is 16.6 Å². The largest absolute Gasteiger partial charge is 0.370 e. The minimum Gasteiger partial charge on any atom is -0.370 e. The normalized spacial score (nSPS) is 20.0. The molecule has 7 nitrogen and oxygen atoms in total. The summed E-state index contributed by atoms with van der Waals surface area (Å²) in [5, 5.41) is 0. The molecule has 26 heavy (non-hydrogen) atoms. The molecule has 1 aromatic carbocycles. The zero-order chi connectivity index (χ0) is 18.5. The van der Waals surface area contributed by atoms with Crippen molar-refractivity contribution in [1.29, 1.82) is 0 Å². The third-order valence-corrected chi connectivity index (χ3v) is 4.90. The van der Waals surface area contributed by atoms with Gasteiger partial charge in [0, 0.05) is 12.2 Å². The molecule has 1 fully saturated rings. The van der Waals surface area contributed by atoms with Gasteiger partial charge in [0.05, 0.1) is 24.6 Å². The van der Waals surface area contributed by atoms with Crippen LogP contribution in [-0.2, 0) is 0 Å². The van der Waals surface area contributed by atoms with Crippen molar-refractivity contribution < 1.29 is 4.79 Å². The van der Waals surface area contributed by atoms with Crippen molar-refractivity contribution in [3.8, 4) is 0 Å². The molecule has 1 aliphatic heterocycles. The highest BCUT2D eigenvalue weighted by atomic mass is 16.2. The Labute approximate surface area is 154 Å². The lowest BCUT2D eigenvalue weighted by atomic mass is 9.94. The number of rotatable bonds is 4. The molecule has 1 atom stereocenters. The zero-order valence-electron chi connectivity index (χ0n) is 14.9. The van der Waals surface area contributed by atoms with Crippen LogP contribution in [0, 0.1) is 0 Å². The van der Waals surface area contributed by atoms with E-state index in [4.69, 9.17) is 11.5 Å². The molecule has 7 heteroatoms. The van der Waals surface area contributed by atoms with Gasteiger partial charge in [0.15, 0.2) is 5.96 Å². The van der Waals surface area contributed by atoms with Gasteiger partial charge in [-0.25, -0.2) is 9.79 Å². The molecule has 0 saturated heterocycles. The highest BCUT2D eigenvalue weighted by molar-refractivity contribution is 5.88. The van der Waals surface area contributed by atoms with Crippen LogP contribution in [0.5, 0.6) is 0 Å². The summed E-state index contributed by atoms with van der Waals surface area (Å²) in [5.74, 6) is 0.0167. The first-order chi connectivity index (χ1) is 12.6. The molecular formula is C19H26N6O. The summed E-state index contributed by atoms with van der Waals surface area (Å²) in [7, 11) is 0. The van der Waals surface area contributed by atoms with Crippen LogP contribution in [0.1, 0.15) is 43.7 Å². The maximum absolute atomic E-state index is 12.9. The van der Waals surface area contributed by atoms with E-state index in [0.717, 1.165) is 31.2 Å².